The average Bonchev–Trinajstić information content (AvgIpc) is 2.77. The highest BCUT2D eigenvalue weighted by Gasteiger charge is 2.11. The summed E-state index contributed by atoms with van der Waals surface area (Å²) in [5.74, 6) is 1.03. The Bertz CT molecular complexity index is 908. The molecule has 0 aliphatic carbocycles. The fourth-order valence-electron chi connectivity index (χ4n) is 3.52. The van der Waals surface area contributed by atoms with Crippen molar-refractivity contribution >= 4 is 34.9 Å². The van der Waals surface area contributed by atoms with Crippen LogP contribution in [0.25, 0.3) is 0 Å². The summed E-state index contributed by atoms with van der Waals surface area (Å²) >= 11 is 5.56. The Labute approximate surface area is 195 Å². The van der Waals surface area contributed by atoms with Crippen LogP contribution in [0.3, 0.4) is 0 Å². The summed E-state index contributed by atoms with van der Waals surface area (Å²) < 4.78 is 5.41. The van der Waals surface area contributed by atoms with Crippen molar-refractivity contribution in [3.63, 3.8) is 0 Å². The van der Waals surface area contributed by atoms with Gasteiger partial charge >= 0.3 is 0 Å². The van der Waals surface area contributed by atoms with Crippen LogP contribution in [-0.2, 0) is 11.2 Å². The Morgan fingerprint density at radius 3 is 2.56 bits per heavy atom. The number of ether oxygens (including phenoxy) is 1. The number of thiocarbonyl (C=S) groups is 1. The molecule has 0 radical (unpaired) electrons. The minimum atomic E-state index is 0.467. The molecule has 1 fully saturated rings. The Kier molecular flexibility index (Phi) is 9.33. The molecule has 1 aromatic heterocycles. The van der Waals surface area contributed by atoms with Crippen LogP contribution in [0.2, 0.25) is 0 Å². The molecule has 0 atom stereocenters. The van der Waals surface area contributed by atoms with Gasteiger partial charge in [0.05, 0.1) is 13.2 Å². The molecule has 1 saturated heterocycles. The molecule has 0 bridgehead atoms. The van der Waals surface area contributed by atoms with Gasteiger partial charge in [-0.1, -0.05) is 25.1 Å². The third-order valence-corrected chi connectivity index (χ3v) is 5.30. The second-order valence-corrected chi connectivity index (χ2v) is 8.14. The minimum absolute atomic E-state index is 0.467. The van der Waals surface area contributed by atoms with Crippen molar-refractivity contribution in [3.05, 3.63) is 47.3 Å². The lowest BCUT2D eigenvalue weighted by Crippen LogP contribution is -2.40. The number of hydrogen-bond acceptors (Lipinski definition) is 6. The fraction of sp³-hybridized carbons (Fsp3) is 0.478. The normalized spacial score (nSPS) is 14.8. The first-order valence-corrected chi connectivity index (χ1v) is 11.5. The number of nitrogens with zero attached hydrogens (tertiary/aromatic N) is 4. The van der Waals surface area contributed by atoms with Gasteiger partial charge in [0, 0.05) is 43.3 Å². The highest BCUT2D eigenvalue weighted by atomic mass is 32.1. The summed E-state index contributed by atoms with van der Waals surface area (Å²) in [5.41, 5.74) is 3.97. The quantitative estimate of drug-likeness (QED) is 0.254. The molecule has 1 aromatic carbocycles. The first-order valence-electron chi connectivity index (χ1n) is 11.1. The molecule has 0 amide bonds. The van der Waals surface area contributed by atoms with Gasteiger partial charge in [-0.3, -0.25) is 15.2 Å². The highest BCUT2D eigenvalue weighted by molar-refractivity contribution is 7.80. The molecule has 0 saturated carbocycles. The van der Waals surface area contributed by atoms with Crippen LogP contribution in [0.1, 0.15) is 30.3 Å². The monoisotopic (exact) mass is 455 g/mol. The van der Waals surface area contributed by atoms with Gasteiger partial charge in [0.25, 0.3) is 0 Å². The van der Waals surface area contributed by atoms with Crippen LogP contribution < -0.4 is 16.0 Å². The van der Waals surface area contributed by atoms with Crippen LogP contribution in [0.4, 0.5) is 11.6 Å². The molecule has 8 nitrogen and oxygen atoms in total. The fourth-order valence-corrected chi connectivity index (χ4v) is 3.73. The maximum absolute atomic E-state index is 5.56. The molecule has 1 aliphatic heterocycles. The largest absolute Gasteiger partial charge is 0.379 e. The highest BCUT2D eigenvalue weighted by Crippen LogP contribution is 2.15. The summed E-state index contributed by atoms with van der Waals surface area (Å²) in [7, 11) is 0. The predicted molar refractivity (Wildman–Crippen MR) is 134 cm³/mol. The van der Waals surface area contributed by atoms with Crippen molar-refractivity contribution in [3.8, 4) is 0 Å². The number of nitrogens with one attached hydrogen (secondary N) is 3. The second-order valence-electron chi connectivity index (χ2n) is 7.73. The number of rotatable bonds is 7. The van der Waals surface area contributed by atoms with E-state index in [0.717, 1.165) is 62.8 Å². The van der Waals surface area contributed by atoms with Gasteiger partial charge in [0.2, 0.25) is 11.9 Å². The number of morpholine rings is 1. The number of para-hydroxylation sites is 1. The van der Waals surface area contributed by atoms with E-state index in [-0.39, 0.29) is 0 Å². The number of aliphatic imine (C=N–C) groups is 1. The Morgan fingerprint density at radius 2 is 1.84 bits per heavy atom. The molecule has 3 N–H and O–H groups in total. The zero-order valence-corrected chi connectivity index (χ0v) is 20.0. The predicted octanol–water partition coefficient (Wildman–Crippen LogP) is 3.13. The lowest BCUT2D eigenvalue weighted by Gasteiger charge is -2.26. The number of benzene rings is 1. The van der Waals surface area contributed by atoms with Gasteiger partial charge in [-0.25, -0.2) is 9.97 Å². The van der Waals surface area contributed by atoms with Crippen molar-refractivity contribution in [1.82, 2.24) is 20.2 Å². The molecule has 0 spiro atoms. The summed E-state index contributed by atoms with van der Waals surface area (Å²) in [5, 5.41) is 10.1. The average molecular weight is 456 g/mol. The molecule has 1 aliphatic rings. The topological polar surface area (TPSA) is 86.7 Å². The molecule has 172 valence electrons. The van der Waals surface area contributed by atoms with Crippen molar-refractivity contribution < 1.29 is 4.74 Å². The molecule has 2 aromatic rings. The van der Waals surface area contributed by atoms with Crippen LogP contribution in [0, 0.1) is 13.8 Å². The van der Waals surface area contributed by atoms with Gasteiger partial charge in [-0.05, 0) is 56.6 Å². The molecule has 32 heavy (non-hydrogen) atoms. The number of hydrogen-bond donors (Lipinski definition) is 3. The third-order valence-electron chi connectivity index (χ3n) is 5.10. The lowest BCUT2D eigenvalue weighted by molar-refractivity contribution is 0.0377. The van der Waals surface area contributed by atoms with Crippen LogP contribution in [0.15, 0.2) is 35.3 Å². The minimum Gasteiger partial charge on any atom is -0.379 e. The molecular weight excluding hydrogens is 422 g/mol. The van der Waals surface area contributed by atoms with E-state index in [2.05, 4.69) is 43.8 Å². The molecule has 2 heterocycles. The van der Waals surface area contributed by atoms with E-state index >= 15 is 0 Å². The number of aryl methyl sites for hydroxylation is 3. The van der Waals surface area contributed by atoms with Gasteiger partial charge in [-0.2, -0.15) is 0 Å². The molecule has 9 heteroatoms. The standard InChI is InChI=1S/C23H33N7OS/c1-4-19-8-5-6-9-20(19)27-23(32)29-21(28-22-25-17(2)16-18(3)26-22)24-10-7-11-30-12-14-31-15-13-30/h5-6,8-9,16H,4,7,10-15H2,1-3H3,(H3,24,25,26,27,28,29,32). The number of aromatic nitrogens is 2. The van der Waals surface area contributed by atoms with Crippen LogP contribution >= 0.6 is 12.2 Å². The smallest absolute Gasteiger partial charge is 0.229 e. The SMILES string of the molecule is CCc1ccccc1NC(=S)NC(=NCCCN1CCOCC1)Nc1nc(C)cc(C)n1. The first-order chi connectivity index (χ1) is 15.5. The van der Waals surface area contributed by atoms with E-state index < -0.39 is 0 Å². The number of guanidine groups is 1. The Balaban J connectivity index is 1.65. The van der Waals surface area contributed by atoms with E-state index in [4.69, 9.17) is 21.9 Å². The van der Waals surface area contributed by atoms with Gasteiger partial charge < -0.3 is 15.4 Å². The first kappa shape index (κ1) is 24.0. The van der Waals surface area contributed by atoms with E-state index in [9.17, 15) is 0 Å². The van der Waals surface area contributed by atoms with E-state index in [1.165, 1.54) is 5.56 Å². The summed E-state index contributed by atoms with van der Waals surface area (Å²) in [4.78, 5) is 16.0. The van der Waals surface area contributed by atoms with Gasteiger partial charge in [-0.15, -0.1) is 0 Å². The molecule has 0 unspecified atom stereocenters. The van der Waals surface area contributed by atoms with Crippen LogP contribution in [0.5, 0.6) is 0 Å². The van der Waals surface area contributed by atoms with Gasteiger partial charge in [0.15, 0.2) is 5.11 Å². The summed E-state index contributed by atoms with van der Waals surface area (Å²) in [6, 6.07) is 10.1. The van der Waals surface area contributed by atoms with Crippen molar-refractivity contribution in [2.45, 2.75) is 33.6 Å². The van der Waals surface area contributed by atoms with Crippen LogP contribution in [-0.4, -0.2) is 65.3 Å². The maximum Gasteiger partial charge on any atom is 0.229 e. The third kappa shape index (κ3) is 7.81. The van der Waals surface area contributed by atoms with E-state index in [1.54, 1.807) is 0 Å². The van der Waals surface area contributed by atoms with E-state index in [1.807, 2.05) is 38.1 Å². The molecule has 3 rings (SSSR count). The van der Waals surface area contributed by atoms with Crippen molar-refractivity contribution in [2.75, 3.05) is 50.0 Å². The molecular formula is C23H33N7OS. The zero-order valence-electron chi connectivity index (χ0n) is 19.1. The Morgan fingerprint density at radius 1 is 1.12 bits per heavy atom. The maximum atomic E-state index is 5.56. The second kappa shape index (κ2) is 12.4. The van der Waals surface area contributed by atoms with E-state index in [0.29, 0.717) is 23.6 Å². The van der Waals surface area contributed by atoms with Crippen molar-refractivity contribution in [1.29, 1.82) is 0 Å². The zero-order chi connectivity index (χ0) is 22.8. The van der Waals surface area contributed by atoms with Crippen molar-refractivity contribution in [2.24, 2.45) is 4.99 Å². The summed E-state index contributed by atoms with van der Waals surface area (Å²) in [6.07, 6.45) is 1.86. The van der Waals surface area contributed by atoms with Gasteiger partial charge in [0.1, 0.15) is 0 Å². The summed E-state index contributed by atoms with van der Waals surface area (Å²) in [6.45, 7) is 11.2. The lowest BCUT2D eigenvalue weighted by atomic mass is 10.1. The number of anilines is 2. The Hall–Kier alpha value is -2.62.